The maximum absolute atomic E-state index is 11.2. The molecule has 2 aromatic rings. The van der Waals surface area contributed by atoms with Gasteiger partial charge < -0.3 is 9.84 Å². The van der Waals surface area contributed by atoms with Gasteiger partial charge in [0.25, 0.3) is 0 Å². The number of benzene rings is 1. The molecule has 1 aromatic carbocycles. The Kier molecular flexibility index (Phi) is 4.78. The van der Waals surface area contributed by atoms with Crippen molar-refractivity contribution in [1.29, 1.82) is 0 Å². The lowest BCUT2D eigenvalue weighted by atomic mass is 9.89. The lowest BCUT2D eigenvalue weighted by molar-refractivity contribution is 0.0689. The van der Waals surface area contributed by atoms with Crippen molar-refractivity contribution in [2.45, 2.75) is 39.5 Å². The quantitative estimate of drug-likeness (QED) is 0.904. The van der Waals surface area contributed by atoms with Crippen LogP contribution in [-0.4, -0.2) is 28.0 Å². The number of aromatic nitrogens is 2. The van der Waals surface area contributed by atoms with Gasteiger partial charge in [-0.2, -0.15) is 5.10 Å². The van der Waals surface area contributed by atoms with Crippen LogP contribution < -0.4 is 4.74 Å². The van der Waals surface area contributed by atoms with Crippen LogP contribution in [0.2, 0.25) is 0 Å². The second kappa shape index (κ2) is 6.44. The highest BCUT2D eigenvalue weighted by atomic mass is 16.5. The zero-order chi connectivity index (χ0) is 17.3. The molecule has 1 aromatic heterocycles. The van der Waals surface area contributed by atoms with Crippen LogP contribution in [0.25, 0.3) is 11.3 Å². The predicted molar refractivity (Wildman–Crippen MR) is 90.3 cm³/mol. The summed E-state index contributed by atoms with van der Waals surface area (Å²) in [5.41, 5.74) is 3.94. The highest BCUT2D eigenvalue weighted by molar-refractivity contribution is 5.88. The van der Waals surface area contributed by atoms with E-state index in [4.69, 9.17) is 4.74 Å². The summed E-state index contributed by atoms with van der Waals surface area (Å²) in [6.07, 6.45) is 0. The first kappa shape index (κ1) is 17.1. The number of ether oxygens (including phenoxy) is 1. The normalized spacial score (nSPS) is 11.3. The SMILES string of the molecule is COc1c(C(C)C)ccc(C(C)C)c1-c1cc(C(=O)O)nn1C. The van der Waals surface area contributed by atoms with Crippen LogP contribution in [-0.2, 0) is 7.05 Å². The molecule has 0 bridgehead atoms. The summed E-state index contributed by atoms with van der Waals surface area (Å²) >= 11 is 0. The van der Waals surface area contributed by atoms with Crippen LogP contribution in [0.1, 0.15) is 61.1 Å². The molecule has 0 fully saturated rings. The Labute approximate surface area is 136 Å². The zero-order valence-corrected chi connectivity index (χ0v) is 14.5. The molecule has 0 aliphatic carbocycles. The van der Waals surface area contributed by atoms with Crippen molar-refractivity contribution in [3.63, 3.8) is 0 Å². The molecular formula is C18H24N2O3. The van der Waals surface area contributed by atoms with Gasteiger partial charge in [0.2, 0.25) is 0 Å². The van der Waals surface area contributed by atoms with Gasteiger partial charge in [-0.05, 0) is 29.0 Å². The van der Waals surface area contributed by atoms with E-state index in [1.807, 2.05) is 0 Å². The Hall–Kier alpha value is -2.30. The third-order valence-corrected chi connectivity index (χ3v) is 4.02. The number of carbonyl (C=O) groups is 1. The summed E-state index contributed by atoms with van der Waals surface area (Å²) in [4.78, 5) is 11.2. The van der Waals surface area contributed by atoms with E-state index in [1.54, 1.807) is 24.9 Å². The van der Waals surface area contributed by atoms with Crippen LogP contribution in [0.3, 0.4) is 0 Å². The van der Waals surface area contributed by atoms with Gasteiger partial charge in [-0.3, -0.25) is 4.68 Å². The van der Waals surface area contributed by atoms with Crippen molar-refractivity contribution in [3.05, 3.63) is 35.0 Å². The maximum Gasteiger partial charge on any atom is 0.356 e. The molecule has 5 nitrogen and oxygen atoms in total. The molecule has 1 N–H and O–H groups in total. The van der Waals surface area contributed by atoms with Crippen molar-refractivity contribution >= 4 is 5.97 Å². The number of aryl methyl sites for hydroxylation is 1. The van der Waals surface area contributed by atoms with Crippen LogP contribution in [0.15, 0.2) is 18.2 Å². The van der Waals surface area contributed by atoms with Crippen molar-refractivity contribution < 1.29 is 14.6 Å². The van der Waals surface area contributed by atoms with Crippen LogP contribution >= 0.6 is 0 Å². The van der Waals surface area contributed by atoms with Crippen LogP contribution in [0.4, 0.5) is 0 Å². The molecule has 0 saturated carbocycles. The van der Waals surface area contributed by atoms with E-state index < -0.39 is 5.97 Å². The van der Waals surface area contributed by atoms with E-state index in [1.165, 1.54) is 0 Å². The van der Waals surface area contributed by atoms with E-state index in [0.29, 0.717) is 5.92 Å². The smallest absolute Gasteiger partial charge is 0.356 e. The highest BCUT2D eigenvalue weighted by Crippen LogP contribution is 2.42. The molecule has 0 aliphatic rings. The van der Waals surface area contributed by atoms with Crippen molar-refractivity contribution in [2.75, 3.05) is 7.11 Å². The fourth-order valence-electron chi connectivity index (χ4n) is 2.84. The van der Waals surface area contributed by atoms with Crippen molar-refractivity contribution in [2.24, 2.45) is 7.05 Å². The van der Waals surface area contributed by atoms with Gasteiger partial charge in [-0.1, -0.05) is 39.8 Å². The van der Waals surface area contributed by atoms with Gasteiger partial charge in [-0.15, -0.1) is 0 Å². The van der Waals surface area contributed by atoms with E-state index in [9.17, 15) is 9.90 Å². The molecule has 0 spiro atoms. The second-order valence-corrected chi connectivity index (χ2v) is 6.31. The number of hydrogen-bond donors (Lipinski definition) is 1. The minimum absolute atomic E-state index is 0.0363. The molecule has 0 saturated heterocycles. The summed E-state index contributed by atoms with van der Waals surface area (Å²) in [7, 11) is 3.41. The second-order valence-electron chi connectivity index (χ2n) is 6.31. The number of carboxylic acid groups (broad SMARTS) is 1. The number of hydrogen-bond acceptors (Lipinski definition) is 3. The average molecular weight is 316 g/mol. The summed E-state index contributed by atoms with van der Waals surface area (Å²) in [5.74, 6) is 0.350. The van der Waals surface area contributed by atoms with Crippen LogP contribution in [0, 0.1) is 0 Å². The summed E-state index contributed by atoms with van der Waals surface area (Å²) in [6.45, 7) is 8.45. The highest BCUT2D eigenvalue weighted by Gasteiger charge is 2.23. The molecule has 0 amide bonds. The topological polar surface area (TPSA) is 64.3 Å². The molecule has 0 aliphatic heterocycles. The molecule has 5 heteroatoms. The maximum atomic E-state index is 11.2. The number of aromatic carboxylic acids is 1. The fourth-order valence-corrected chi connectivity index (χ4v) is 2.84. The standard InChI is InChI=1S/C18H24N2O3/c1-10(2)12-7-8-13(11(3)4)17(23-6)16(12)15-9-14(18(21)22)19-20(15)5/h7-11H,1-6H3,(H,21,22). The molecule has 0 radical (unpaired) electrons. The Morgan fingerprint density at radius 2 is 1.74 bits per heavy atom. The van der Waals surface area contributed by atoms with Gasteiger partial charge in [-0.25, -0.2) is 4.79 Å². The van der Waals surface area contributed by atoms with Gasteiger partial charge in [0, 0.05) is 12.6 Å². The van der Waals surface area contributed by atoms with Gasteiger partial charge in [0.05, 0.1) is 12.8 Å². The van der Waals surface area contributed by atoms with E-state index in [2.05, 4.69) is 44.9 Å². The molecular weight excluding hydrogens is 292 g/mol. The number of rotatable bonds is 5. The Morgan fingerprint density at radius 1 is 1.17 bits per heavy atom. The van der Waals surface area contributed by atoms with E-state index in [-0.39, 0.29) is 11.6 Å². The molecule has 23 heavy (non-hydrogen) atoms. The first-order valence-corrected chi connectivity index (χ1v) is 7.76. The van der Waals surface area contributed by atoms with Crippen LogP contribution in [0.5, 0.6) is 5.75 Å². The van der Waals surface area contributed by atoms with Gasteiger partial charge in [0.1, 0.15) is 5.75 Å². The van der Waals surface area contributed by atoms with E-state index in [0.717, 1.165) is 28.1 Å². The molecule has 0 atom stereocenters. The number of nitrogens with zero attached hydrogens (tertiary/aromatic N) is 2. The Morgan fingerprint density at radius 3 is 2.17 bits per heavy atom. The number of methoxy groups -OCH3 is 1. The summed E-state index contributed by atoms with van der Waals surface area (Å²) < 4.78 is 7.33. The summed E-state index contributed by atoms with van der Waals surface area (Å²) in [6, 6.07) is 5.80. The first-order valence-electron chi connectivity index (χ1n) is 7.76. The Balaban J connectivity index is 2.82. The largest absolute Gasteiger partial charge is 0.496 e. The van der Waals surface area contributed by atoms with Gasteiger partial charge in [0.15, 0.2) is 5.69 Å². The predicted octanol–water partition coefficient (Wildman–Crippen LogP) is 4.04. The van der Waals surface area contributed by atoms with Crippen molar-refractivity contribution in [3.8, 4) is 17.0 Å². The zero-order valence-electron chi connectivity index (χ0n) is 14.5. The Bertz CT molecular complexity index is 730. The minimum atomic E-state index is -1.03. The molecule has 0 unspecified atom stereocenters. The molecule has 124 valence electrons. The third-order valence-electron chi connectivity index (χ3n) is 4.02. The molecule has 1 heterocycles. The molecule has 2 rings (SSSR count). The van der Waals surface area contributed by atoms with E-state index >= 15 is 0 Å². The minimum Gasteiger partial charge on any atom is -0.496 e. The number of carboxylic acids is 1. The first-order chi connectivity index (χ1) is 10.8. The monoisotopic (exact) mass is 316 g/mol. The van der Waals surface area contributed by atoms with Gasteiger partial charge >= 0.3 is 5.97 Å². The summed E-state index contributed by atoms with van der Waals surface area (Å²) in [5, 5.41) is 13.3. The van der Waals surface area contributed by atoms with Crippen molar-refractivity contribution in [1.82, 2.24) is 9.78 Å². The fraction of sp³-hybridized carbons (Fsp3) is 0.444. The average Bonchev–Trinajstić information content (AvgIpc) is 2.87. The third kappa shape index (κ3) is 3.09. The lowest BCUT2D eigenvalue weighted by Crippen LogP contribution is -2.04. The lowest BCUT2D eigenvalue weighted by Gasteiger charge is -2.21.